The van der Waals surface area contributed by atoms with E-state index in [2.05, 4.69) is 5.32 Å². The Labute approximate surface area is 127 Å². The van der Waals surface area contributed by atoms with Gasteiger partial charge in [-0.15, -0.1) is 0 Å². The molecule has 0 aliphatic rings. The van der Waals surface area contributed by atoms with Crippen molar-refractivity contribution in [1.29, 1.82) is 0 Å². The van der Waals surface area contributed by atoms with Gasteiger partial charge in [-0.05, 0) is 36.6 Å². The highest BCUT2D eigenvalue weighted by atomic mass is 32.2. The first-order chi connectivity index (χ1) is 10.0. The summed E-state index contributed by atoms with van der Waals surface area (Å²) in [7, 11) is 2.93. The van der Waals surface area contributed by atoms with E-state index in [0.717, 1.165) is 0 Å². The summed E-state index contributed by atoms with van der Waals surface area (Å²) in [6.07, 6.45) is 2.24. The van der Waals surface area contributed by atoms with Crippen molar-refractivity contribution in [3.63, 3.8) is 0 Å². The molecular weight excluding hydrogens is 294 g/mol. The van der Waals surface area contributed by atoms with Crippen LogP contribution in [-0.2, 0) is 4.79 Å². The first-order valence-electron chi connectivity index (χ1n) is 6.28. The number of carboxylic acid groups (broad SMARTS) is 1. The number of carbonyl (C=O) groups excluding carboxylic acids is 1. The molecule has 116 valence electrons. The number of amides is 1. The van der Waals surface area contributed by atoms with Crippen LogP contribution >= 0.6 is 11.8 Å². The summed E-state index contributed by atoms with van der Waals surface area (Å²) in [4.78, 5) is 23.4. The van der Waals surface area contributed by atoms with Crippen molar-refractivity contribution < 1.29 is 24.2 Å². The van der Waals surface area contributed by atoms with Crippen LogP contribution in [0.1, 0.15) is 16.8 Å². The fraction of sp³-hybridized carbons (Fsp3) is 0.429. The Bertz CT molecular complexity index is 506. The topological polar surface area (TPSA) is 84.9 Å². The molecule has 1 amide bonds. The number of hydrogen-bond donors (Lipinski definition) is 2. The number of thioether (sulfide) groups is 1. The third-order valence-corrected chi connectivity index (χ3v) is 3.51. The van der Waals surface area contributed by atoms with Gasteiger partial charge in [0.25, 0.3) is 5.91 Å². The van der Waals surface area contributed by atoms with Crippen LogP contribution in [0.25, 0.3) is 0 Å². The van der Waals surface area contributed by atoms with E-state index in [0.29, 0.717) is 23.7 Å². The van der Waals surface area contributed by atoms with Crippen molar-refractivity contribution in [2.24, 2.45) is 0 Å². The van der Waals surface area contributed by atoms with Gasteiger partial charge in [0.2, 0.25) is 0 Å². The molecule has 1 unspecified atom stereocenters. The van der Waals surface area contributed by atoms with Crippen molar-refractivity contribution in [1.82, 2.24) is 5.32 Å². The zero-order valence-corrected chi connectivity index (χ0v) is 13.0. The van der Waals surface area contributed by atoms with E-state index in [1.807, 2.05) is 6.26 Å². The van der Waals surface area contributed by atoms with E-state index in [1.54, 1.807) is 12.1 Å². The lowest BCUT2D eigenvalue weighted by Gasteiger charge is -2.16. The SMILES string of the molecule is COc1ccc(OC)c(C(=O)NC(CCSC)C(=O)O)c1. The monoisotopic (exact) mass is 313 g/mol. The first kappa shape index (κ1) is 17.2. The van der Waals surface area contributed by atoms with E-state index in [4.69, 9.17) is 14.6 Å². The number of benzene rings is 1. The fourth-order valence-electron chi connectivity index (χ4n) is 1.72. The van der Waals surface area contributed by atoms with E-state index in [1.165, 1.54) is 32.0 Å². The summed E-state index contributed by atoms with van der Waals surface area (Å²) in [5.74, 6) is -0.0512. The zero-order chi connectivity index (χ0) is 15.8. The van der Waals surface area contributed by atoms with Gasteiger partial charge in [-0.25, -0.2) is 4.79 Å². The molecule has 2 N–H and O–H groups in total. The van der Waals surface area contributed by atoms with E-state index >= 15 is 0 Å². The van der Waals surface area contributed by atoms with Crippen LogP contribution in [0.5, 0.6) is 11.5 Å². The molecule has 21 heavy (non-hydrogen) atoms. The number of ether oxygens (including phenoxy) is 2. The third-order valence-electron chi connectivity index (χ3n) is 2.87. The molecule has 1 rings (SSSR count). The maximum atomic E-state index is 12.3. The third kappa shape index (κ3) is 4.86. The number of hydrogen-bond acceptors (Lipinski definition) is 5. The molecule has 0 radical (unpaired) electrons. The molecule has 1 atom stereocenters. The second kappa shape index (κ2) is 8.41. The minimum atomic E-state index is -1.06. The second-order valence-electron chi connectivity index (χ2n) is 4.21. The highest BCUT2D eigenvalue weighted by Crippen LogP contribution is 2.24. The lowest BCUT2D eigenvalue weighted by Crippen LogP contribution is -2.41. The fourth-order valence-corrected chi connectivity index (χ4v) is 2.19. The molecule has 1 aromatic carbocycles. The van der Waals surface area contributed by atoms with Crippen LogP contribution in [-0.4, -0.2) is 49.3 Å². The maximum absolute atomic E-state index is 12.3. The van der Waals surface area contributed by atoms with Crippen LogP contribution in [0.3, 0.4) is 0 Å². The van der Waals surface area contributed by atoms with E-state index < -0.39 is 17.9 Å². The van der Waals surface area contributed by atoms with Gasteiger partial charge in [0.05, 0.1) is 19.8 Å². The van der Waals surface area contributed by atoms with Gasteiger partial charge < -0.3 is 19.9 Å². The van der Waals surface area contributed by atoms with Gasteiger partial charge in [0.15, 0.2) is 0 Å². The van der Waals surface area contributed by atoms with Gasteiger partial charge in [-0.1, -0.05) is 0 Å². The maximum Gasteiger partial charge on any atom is 0.326 e. The van der Waals surface area contributed by atoms with Gasteiger partial charge >= 0.3 is 5.97 Å². The molecule has 7 heteroatoms. The van der Waals surface area contributed by atoms with Crippen LogP contribution < -0.4 is 14.8 Å². The highest BCUT2D eigenvalue weighted by molar-refractivity contribution is 7.98. The van der Waals surface area contributed by atoms with Crippen LogP contribution in [0.2, 0.25) is 0 Å². The van der Waals surface area contributed by atoms with E-state index in [-0.39, 0.29) is 5.56 Å². The summed E-state index contributed by atoms with van der Waals surface area (Å²) < 4.78 is 10.2. The Morgan fingerprint density at radius 2 is 2.05 bits per heavy atom. The van der Waals surface area contributed by atoms with Crippen molar-refractivity contribution in [2.75, 3.05) is 26.2 Å². The normalized spacial score (nSPS) is 11.6. The zero-order valence-electron chi connectivity index (χ0n) is 12.2. The molecule has 0 saturated heterocycles. The summed E-state index contributed by atoms with van der Waals surface area (Å²) in [6.45, 7) is 0. The minimum absolute atomic E-state index is 0.243. The lowest BCUT2D eigenvalue weighted by atomic mass is 10.1. The van der Waals surface area contributed by atoms with Crippen molar-refractivity contribution in [3.8, 4) is 11.5 Å². The van der Waals surface area contributed by atoms with Crippen LogP contribution in [0, 0.1) is 0 Å². The van der Waals surface area contributed by atoms with Crippen LogP contribution in [0.15, 0.2) is 18.2 Å². The molecule has 1 aromatic rings. The Morgan fingerprint density at radius 1 is 1.33 bits per heavy atom. The Hall–Kier alpha value is -1.89. The quantitative estimate of drug-likeness (QED) is 0.759. The van der Waals surface area contributed by atoms with Crippen LogP contribution in [0.4, 0.5) is 0 Å². The number of carbonyl (C=O) groups is 2. The summed E-state index contributed by atoms with van der Waals surface area (Å²) in [5, 5.41) is 11.6. The number of carboxylic acids is 1. The van der Waals surface area contributed by atoms with Crippen molar-refractivity contribution in [2.45, 2.75) is 12.5 Å². The standard InChI is InChI=1S/C14H19NO5S/c1-19-9-4-5-12(20-2)10(8-9)13(16)15-11(14(17)18)6-7-21-3/h4-5,8,11H,6-7H2,1-3H3,(H,15,16)(H,17,18). The molecule has 0 spiro atoms. The summed E-state index contributed by atoms with van der Waals surface area (Å²) in [5.41, 5.74) is 0.243. The molecule has 0 saturated carbocycles. The lowest BCUT2D eigenvalue weighted by molar-refractivity contribution is -0.139. The number of methoxy groups -OCH3 is 2. The molecule has 0 aliphatic carbocycles. The molecule has 6 nitrogen and oxygen atoms in total. The molecule has 0 bridgehead atoms. The average molecular weight is 313 g/mol. The summed E-state index contributed by atoms with van der Waals surface area (Å²) in [6, 6.07) is 3.85. The smallest absolute Gasteiger partial charge is 0.326 e. The number of rotatable bonds is 8. The largest absolute Gasteiger partial charge is 0.497 e. The van der Waals surface area contributed by atoms with Gasteiger partial charge in [0.1, 0.15) is 17.5 Å². The Balaban J connectivity index is 2.93. The first-order valence-corrected chi connectivity index (χ1v) is 7.67. The predicted molar refractivity (Wildman–Crippen MR) is 81.4 cm³/mol. The molecule has 0 aliphatic heterocycles. The minimum Gasteiger partial charge on any atom is -0.497 e. The highest BCUT2D eigenvalue weighted by Gasteiger charge is 2.22. The Morgan fingerprint density at radius 3 is 2.57 bits per heavy atom. The molecular formula is C14H19NO5S. The predicted octanol–water partition coefficient (Wildman–Crippen LogP) is 1.64. The Kier molecular flexibility index (Phi) is 6.87. The average Bonchev–Trinajstić information content (AvgIpc) is 2.50. The summed E-state index contributed by atoms with van der Waals surface area (Å²) >= 11 is 1.52. The second-order valence-corrected chi connectivity index (χ2v) is 5.20. The van der Waals surface area contributed by atoms with E-state index in [9.17, 15) is 9.59 Å². The molecule has 0 fully saturated rings. The van der Waals surface area contributed by atoms with Gasteiger partial charge in [0, 0.05) is 0 Å². The number of nitrogens with one attached hydrogen (secondary N) is 1. The number of aliphatic carboxylic acids is 1. The van der Waals surface area contributed by atoms with Crippen molar-refractivity contribution in [3.05, 3.63) is 23.8 Å². The van der Waals surface area contributed by atoms with Gasteiger partial charge in [-0.2, -0.15) is 11.8 Å². The molecule has 0 heterocycles. The van der Waals surface area contributed by atoms with Crippen molar-refractivity contribution >= 4 is 23.6 Å². The molecule has 0 aromatic heterocycles. The van der Waals surface area contributed by atoms with Gasteiger partial charge in [-0.3, -0.25) is 4.79 Å².